The number of nitrogens with zero attached hydrogens (tertiary/aromatic N) is 1. The third kappa shape index (κ3) is 3.03. The second kappa shape index (κ2) is 6.19. The molecular weight excluding hydrogens is 324 g/mol. The van der Waals surface area contributed by atoms with Gasteiger partial charge < -0.3 is 9.62 Å². The van der Waals surface area contributed by atoms with Crippen molar-refractivity contribution in [2.45, 2.75) is 25.4 Å². The zero-order valence-electron chi connectivity index (χ0n) is 12.1. The number of fused-ring (bicyclic) bond motifs is 1. The van der Waals surface area contributed by atoms with Crippen LogP contribution in [0.4, 0.5) is 8.78 Å². The van der Waals surface area contributed by atoms with E-state index in [0.717, 1.165) is 6.07 Å². The van der Waals surface area contributed by atoms with Gasteiger partial charge in [-0.15, -0.1) is 0 Å². The van der Waals surface area contributed by atoms with E-state index < -0.39 is 17.5 Å². The predicted molar refractivity (Wildman–Crippen MR) is 81.9 cm³/mol. The Morgan fingerprint density at radius 1 is 1.43 bits per heavy atom. The third-order valence-electron chi connectivity index (χ3n) is 4.23. The van der Waals surface area contributed by atoms with Gasteiger partial charge in [-0.25, -0.2) is 8.78 Å². The van der Waals surface area contributed by atoms with Gasteiger partial charge in [-0.2, -0.15) is 0 Å². The largest absolute Gasteiger partial charge is 0.359 e. The van der Waals surface area contributed by atoms with Crippen molar-refractivity contribution in [3.63, 3.8) is 0 Å². The molecule has 2 N–H and O–H groups in total. The van der Waals surface area contributed by atoms with Crippen molar-refractivity contribution in [3.8, 4) is 0 Å². The van der Waals surface area contributed by atoms with Crippen LogP contribution in [0.1, 0.15) is 17.5 Å². The van der Waals surface area contributed by atoms with Crippen molar-refractivity contribution < 1.29 is 18.4 Å². The smallest absolute Gasteiger partial charge is 0.275 e. The Hall–Kier alpha value is -2.09. The third-order valence-corrected chi connectivity index (χ3v) is 4.60. The standard InChI is InChI=1S/C15H15F2N3O2S/c16-10-4-9-3-8(1-2-11(9)12(17)5-10)14-19-13(6-20(14)23)15(22)18-7-21/h4-8,14,19,23H,1-3H2,(H,18,21,22)/t8-,14-/m0/s1. The fourth-order valence-electron chi connectivity index (χ4n) is 3.17. The number of thiol groups is 1. The molecule has 0 unspecified atom stereocenters. The van der Waals surface area contributed by atoms with Crippen LogP contribution >= 0.6 is 12.8 Å². The fourth-order valence-corrected chi connectivity index (χ4v) is 3.53. The minimum absolute atomic E-state index is 0.0268. The van der Waals surface area contributed by atoms with E-state index in [9.17, 15) is 18.4 Å². The summed E-state index contributed by atoms with van der Waals surface area (Å²) in [6.45, 7) is 0. The average Bonchev–Trinajstić information content (AvgIpc) is 2.89. The highest BCUT2D eigenvalue weighted by Crippen LogP contribution is 2.33. The quantitative estimate of drug-likeness (QED) is 0.573. The molecule has 2 amide bonds. The Labute approximate surface area is 137 Å². The van der Waals surface area contributed by atoms with Gasteiger partial charge in [0.1, 0.15) is 23.5 Å². The molecule has 2 aliphatic rings. The van der Waals surface area contributed by atoms with Crippen molar-refractivity contribution in [2.75, 3.05) is 0 Å². The van der Waals surface area contributed by atoms with Crippen LogP contribution in [-0.4, -0.2) is 22.8 Å². The Bertz CT molecular complexity index is 696. The maximum Gasteiger partial charge on any atom is 0.275 e. The van der Waals surface area contributed by atoms with Crippen LogP contribution in [0.25, 0.3) is 0 Å². The van der Waals surface area contributed by atoms with E-state index in [2.05, 4.69) is 23.4 Å². The number of rotatable bonds is 3. The van der Waals surface area contributed by atoms with Gasteiger partial charge in [-0.05, 0) is 36.5 Å². The molecule has 0 bridgehead atoms. The maximum absolute atomic E-state index is 13.8. The van der Waals surface area contributed by atoms with Crippen LogP contribution in [0.5, 0.6) is 0 Å². The zero-order valence-corrected chi connectivity index (χ0v) is 12.9. The Kier molecular flexibility index (Phi) is 4.25. The first kappa shape index (κ1) is 15.8. The molecule has 0 saturated carbocycles. The molecule has 0 fully saturated rings. The number of hydrogen-bond donors (Lipinski definition) is 3. The van der Waals surface area contributed by atoms with E-state index in [4.69, 9.17) is 0 Å². The van der Waals surface area contributed by atoms with Crippen molar-refractivity contribution in [2.24, 2.45) is 5.92 Å². The van der Waals surface area contributed by atoms with Gasteiger partial charge in [0.05, 0.1) is 0 Å². The molecule has 0 saturated heterocycles. The summed E-state index contributed by atoms with van der Waals surface area (Å²) in [5, 5.41) is 5.06. The number of halogens is 2. The minimum atomic E-state index is -0.590. The SMILES string of the molecule is O=CNC(=O)C1=CN(S)[C@@H]([C@H]2CCc3c(F)cc(F)cc3C2)N1. The highest BCUT2D eigenvalue weighted by Gasteiger charge is 2.35. The summed E-state index contributed by atoms with van der Waals surface area (Å²) in [4.78, 5) is 22.0. The van der Waals surface area contributed by atoms with Gasteiger partial charge in [0.15, 0.2) is 0 Å². The van der Waals surface area contributed by atoms with Crippen LogP contribution in [0.3, 0.4) is 0 Å². The highest BCUT2D eigenvalue weighted by atomic mass is 32.1. The van der Waals surface area contributed by atoms with Crippen LogP contribution in [0.2, 0.25) is 0 Å². The number of carbonyl (C=O) groups is 2. The van der Waals surface area contributed by atoms with E-state index >= 15 is 0 Å². The molecule has 5 nitrogen and oxygen atoms in total. The Balaban J connectivity index is 1.75. The van der Waals surface area contributed by atoms with Crippen LogP contribution in [0.15, 0.2) is 24.0 Å². The maximum atomic E-state index is 13.8. The normalized spacial score (nSPS) is 22.9. The molecule has 1 aliphatic carbocycles. The molecule has 2 atom stereocenters. The summed E-state index contributed by atoms with van der Waals surface area (Å²) < 4.78 is 28.7. The highest BCUT2D eigenvalue weighted by molar-refractivity contribution is 7.77. The van der Waals surface area contributed by atoms with Gasteiger partial charge in [-0.3, -0.25) is 14.9 Å². The van der Waals surface area contributed by atoms with Crippen LogP contribution in [-0.2, 0) is 22.4 Å². The summed E-state index contributed by atoms with van der Waals surface area (Å²) in [5.41, 5.74) is 1.43. The Morgan fingerprint density at radius 2 is 2.22 bits per heavy atom. The topological polar surface area (TPSA) is 61.4 Å². The summed E-state index contributed by atoms with van der Waals surface area (Å²) in [6, 6.07) is 2.26. The second-order valence-electron chi connectivity index (χ2n) is 5.63. The summed E-state index contributed by atoms with van der Waals surface area (Å²) in [7, 11) is 0. The first-order valence-corrected chi connectivity index (χ1v) is 7.56. The molecule has 1 aliphatic heterocycles. The fraction of sp³-hybridized carbons (Fsp3) is 0.333. The second-order valence-corrected chi connectivity index (χ2v) is 6.09. The minimum Gasteiger partial charge on any atom is -0.359 e. The molecule has 3 rings (SSSR count). The van der Waals surface area contributed by atoms with E-state index in [1.807, 2.05) is 0 Å². The molecule has 122 valence electrons. The lowest BCUT2D eigenvalue weighted by atomic mass is 9.82. The van der Waals surface area contributed by atoms with Crippen molar-refractivity contribution in [1.82, 2.24) is 14.9 Å². The molecule has 0 spiro atoms. The molecule has 8 heteroatoms. The van der Waals surface area contributed by atoms with Crippen molar-refractivity contribution >= 4 is 25.1 Å². The first-order valence-electron chi connectivity index (χ1n) is 7.16. The molecule has 1 aromatic rings. The van der Waals surface area contributed by atoms with Crippen molar-refractivity contribution in [1.29, 1.82) is 0 Å². The molecule has 0 radical (unpaired) electrons. The van der Waals surface area contributed by atoms with E-state index in [-0.39, 0.29) is 17.8 Å². The number of benzene rings is 1. The zero-order chi connectivity index (χ0) is 16.6. The lowest BCUT2D eigenvalue weighted by Crippen LogP contribution is -2.43. The van der Waals surface area contributed by atoms with E-state index in [1.54, 1.807) is 4.31 Å². The molecule has 1 heterocycles. The number of nitrogens with one attached hydrogen (secondary N) is 2. The lowest BCUT2D eigenvalue weighted by molar-refractivity contribution is -0.122. The van der Waals surface area contributed by atoms with Gasteiger partial charge in [0, 0.05) is 18.2 Å². The van der Waals surface area contributed by atoms with E-state index in [0.29, 0.717) is 36.8 Å². The van der Waals surface area contributed by atoms with Gasteiger partial charge >= 0.3 is 0 Å². The van der Waals surface area contributed by atoms with Crippen molar-refractivity contribution in [3.05, 3.63) is 46.8 Å². The molecule has 1 aromatic carbocycles. The number of carbonyl (C=O) groups excluding carboxylic acids is 2. The summed E-state index contributed by atoms with van der Waals surface area (Å²) in [6.07, 6.45) is 3.18. The molecule has 0 aromatic heterocycles. The molecular formula is C15H15F2N3O2S. The predicted octanol–water partition coefficient (Wildman–Crippen LogP) is 1.26. The summed E-state index contributed by atoms with van der Waals surface area (Å²) in [5.74, 6) is -1.62. The number of hydrogen-bond acceptors (Lipinski definition) is 5. The molecule has 23 heavy (non-hydrogen) atoms. The van der Waals surface area contributed by atoms with Crippen LogP contribution < -0.4 is 10.6 Å². The number of imide groups is 1. The lowest BCUT2D eigenvalue weighted by Gasteiger charge is -2.33. The van der Waals surface area contributed by atoms with Gasteiger partial charge in [-0.1, -0.05) is 12.8 Å². The van der Waals surface area contributed by atoms with Gasteiger partial charge in [0.25, 0.3) is 5.91 Å². The number of amides is 2. The van der Waals surface area contributed by atoms with E-state index in [1.165, 1.54) is 12.3 Å². The van der Waals surface area contributed by atoms with Gasteiger partial charge in [0.2, 0.25) is 6.41 Å². The monoisotopic (exact) mass is 339 g/mol. The first-order chi connectivity index (χ1) is 11.0. The van der Waals surface area contributed by atoms with Crippen LogP contribution in [0, 0.1) is 17.6 Å². The average molecular weight is 339 g/mol. The summed E-state index contributed by atoms with van der Waals surface area (Å²) >= 11 is 4.31. The Morgan fingerprint density at radius 3 is 2.96 bits per heavy atom.